The van der Waals surface area contributed by atoms with Crippen molar-refractivity contribution in [1.82, 2.24) is 5.43 Å². The van der Waals surface area contributed by atoms with Gasteiger partial charge in [-0.1, -0.05) is 6.92 Å². The summed E-state index contributed by atoms with van der Waals surface area (Å²) in [6.07, 6.45) is 0.782. The van der Waals surface area contributed by atoms with E-state index in [9.17, 15) is 0 Å². The molecular weight excluding hydrogens is 322 g/mol. The van der Waals surface area contributed by atoms with Crippen LogP contribution in [0.15, 0.2) is 53.6 Å². The zero-order valence-corrected chi connectivity index (χ0v) is 14.8. The first-order valence-corrected chi connectivity index (χ1v) is 7.99. The summed E-state index contributed by atoms with van der Waals surface area (Å²) in [5, 5.41) is 7.91. The molecular formula is C18H21N3O2S. The molecule has 2 aromatic carbocycles. The van der Waals surface area contributed by atoms with E-state index in [-0.39, 0.29) is 0 Å². The van der Waals surface area contributed by atoms with Crippen molar-refractivity contribution < 1.29 is 9.47 Å². The number of nitrogens with one attached hydrogen (secondary N) is 2. The zero-order chi connectivity index (χ0) is 17.4. The van der Waals surface area contributed by atoms with E-state index < -0.39 is 0 Å². The minimum absolute atomic E-state index is 0.430. The summed E-state index contributed by atoms with van der Waals surface area (Å²) in [7, 11) is 3.28. The van der Waals surface area contributed by atoms with Crippen LogP contribution in [-0.4, -0.2) is 25.0 Å². The summed E-state index contributed by atoms with van der Waals surface area (Å²) in [6, 6.07) is 15.3. The van der Waals surface area contributed by atoms with Crippen molar-refractivity contribution in [3.05, 3.63) is 54.1 Å². The van der Waals surface area contributed by atoms with Gasteiger partial charge in [-0.15, -0.1) is 0 Å². The molecule has 0 aliphatic rings. The first kappa shape index (κ1) is 17.7. The van der Waals surface area contributed by atoms with Crippen LogP contribution in [0.1, 0.15) is 18.9 Å². The summed E-state index contributed by atoms with van der Waals surface area (Å²) in [6.45, 7) is 2.05. The molecule has 2 aromatic rings. The average molecular weight is 343 g/mol. The Labute approximate surface area is 147 Å². The van der Waals surface area contributed by atoms with Crippen molar-refractivity contribution in [1.29, 1.82) is 0 Å². The van der Waals surface area contributed by atoms with Crippen LogP contribution >= 0.6 is 12.2 Å². The van der Waals surface area contributed by atoms with E-state index in [1.165, 1.54) is 0 Å². The lowest BCUT2D eigenvalue weighted by Gasteiger charge is -2.10. The van der Waals surface area contributed by atoms with Gasteiger partial charge < -0.3 is 14.8 Å². The summed E-state index contributed by atoms with van der Waals surface area (Å²) >= 11 is 5.27. The topological polar surface area (TPSA) is 54.9 Å². The Morgan fingerprint density at radius 3 is 2.00 bits per heavy atom. The second-order valence-electron chi connectivity index (χ2n) is 4.93. The second kappa shape index (κ2) is 8.88. The van der Waals surface area contributed by atoms with Gasteiger partial charge in [0.25, 0.3) is 0 Å². The van der Waals surface area contributed by atoms with E-state index in [0.29, 0.717) is 5.11 Å². The van der Waals surface area contributed by atoms with Gasteiger partial charge in [0, 0.05) is 5.69 Å². The number of methoxy groups -OCH3 is 2. The summed E-state index contributed by atoms with van der Waals surface area (Å²) < 4.78 is 10.3. The minimum Gasteiger partial charge on any atom is -0.497 e. The molecule has 0 saturated heterocycles. The van der Waals surface area contributed by atoms with Crippen LogP contribution in [0.4, 0.5) is 5.69 Å². The highest BCUT2D eigenvalue weighted by molar-refractivity contribution is 7.80. The Balaban J connectivity index is 1.98. The Kier molecular flexibility index (Phi) is 6.57. The summed E-state index contributed by atoms with van der Waals surface area (Å²) in [5.74, 6) is 1.61. The maximum atomic E-state index is 5.27. The number of hydrogen-bond acceptors (Lipinski definition) is 4. The second-order valence-corrected chi connectivity index (χ2v) is 5.34. The van der Waals surface area contributed by atoms with Crippen LogP contribution in [0, 0.1) is 0 Å². The Morgan fingerprint density at radius 2 is 1.50 bits per heavy atom. The normalized spacial score (nSPS) is 10.9. The molecule has 0 spiro atoms. The molecule has 2 N–H and O–H groups in total. The molecule has 0 amide bonds. The van der Waals surface area contributed by atoms with Crippen LogP contribution in [0.2, 0.25) is 0 Å². The van der Waals surface area contributed by atoms with Crippen LogP contribution in [0.25, 0.3) is 0 Å². The van der Waals surface area contributed by atoms with Crippen LogP contribution < -0.4 is 20.2 Å². The number of hydrogen-bond donors (Lipinski definition) is 2. The maximum absolute atomic E-state index is 5.27. The van der Waals surface area contributed by atoms with Gasteiger partial charge in [0.1, 0.15) is 11.5 Å². The molecule has 0 atom stereocenters. The molecule has 0 aliphatic carbocycles. The molecule has 24 heavy (non-hydrogen) atoms. The van der Waals surface area contributed by atoms with Crippen LogP contribution in [-0.2, 0) is 0 Å². The van der Waals surface area contributed by atoms with Crippen LogP contribution in [0.3, 0.4) is 0 Å². The predicted octanol–water partition coefficient (Wildman–Crippen LogP) is 3.80. The van der Waals surface area contributed by atoms with Gasteiger partial charge in [-0.3, -0.25) is 5.43 Å². The van der Waals surface area contributed by atoms with Gasteiger partial charge in [-0.05, 0) is 72.7 Å². The number of benzene rings is 2. The summed E-state index contributed by atoms with van der Waals surface area (Å²) in [4.78, 5) is 0. The van der Waals surface area contributed by atoms with Crippen molar-refractivity contribution in [2.24, 2.45) is 5.10 Å². The lowest BCUT2D eigenvalue weighted by atomic mass is 10.1. The van der Waals surface area contributed by atoms with Crippen LogP contribution in [0.5, 0.6) is 11.5 Å². The number of hydrazone groups is 1. The Hall–Kier alpha value is -2.60. The van der Waals surface area contributed by atoms with Gasteiger partial charge in [0.2, 0.25) is 0 Å². The molecule has 0 fully saturated rings. The number of nitrogens with zero attached hydrogens (tertiary/aromatic N) is 1. The molecule has 126 valence electrons. The van der Waals surface area contributed by atoms with E-state index in [1.54, 1.807) is 14.2 Å². The highest BCUT2D eigenvalue weighted by Crippen LogP contribution is 2.15. The average Bonchev–Trinajstić information content (AvgIpc) is 2.63. The van der Waals surface area contributed by atoms with Gasteiger partial charge in [-0.2, -0.15) is 5.10 Å². The minimum atomic E-state index is 0.430. The fraction of sp³-hybridized carbons (Fsp3) is 0.222. The highest BCUT2D eigenvalue weighted by atomic mass is 32.1. The third-order valence-corrected chi connectivity index (χ3v) is 3.59. The van der Waals surface area contributed by atoms with Crippen molar-refractivity contribution in [3.63, 3.8) is 0 Å². The van der Waals surface area contributed by atoms with E-state index >= 15 is 0 Å². The van der Waals surface area contributed by atoms with E-state index in [4.69, 9.17) is 21.7 Å². The van der Waals surface area contributed by atoms with Crippen molar-refractivity contribution in [2.75, 3.05) is 19.5 Å². The highest BCUT2D eigenvalue weighted by Gasteiger charge is 2.03. The predicted molar refractivity (Wildman–Crippen MR) is 102 cm³/mol. The van der Waals surface area contributed by atoms with E-state index in [1.807, 2.05) is 55.5 Å². The first-order chi connectivity index (χ1) is 11.7. The molecule has 0 aromatic heterocycles. The zero-order valence-electron chi connectivity index (χ0n) is 14.0. The molecule has 0 unspecified atom stereocenters. The Bertz CT molecular complexity index is 697. The molecule has 0 bridgehead atoms. The van der Waals surface area contributed by atoms with Crippen molar-refractivity contribution in [3.8, 4) is 11.5 Å². The molecule has 0 heterocycles. The van der Waals surface area contributed by atoms with Crippen molar-refractivity contribution in [2.45, 2.75) is 13.3 Å². The maximum Gasteiger partial charge on any atom is 0.191 e. The van der Waals surface area contributed by atoms with E-state index in [2.05, 4.69) is 15.8 Å². The molecule has 0 aliphatic heterocycles. The first-order valence-electron chi connectivity index (χ1n) is 7.58. The molecule has 0 saturated carbocycles. The van der Waals surface area contributed by atoms with Gasteiger partial charge in [0.15, 0.2) is 5.11 Å². The molecule has 5 nitrogen and oxygen atoms in total. The SMILES string of the molecule is CC/C(=N/NC(=S)Nc1ccc(OC)cc1)c1ccc(OC)cc1. The molecule has 6 heteroatoms. The molecule has 0 radical (unpaired) electrons. The Morgan fingerprint density at radius 1 is 0.958 bits per heavy atom. The van der Waals surface area contributed by atoms with E-state index in [0.717, 1.165) is 34.9 Å². The molecule has 2 rings (SSSR count). The number of anilines is 1. The monoisotopic (exact) mass is 343 g/mol. The van der Waals surface area contributed by atoms with Crippen molar-refractivity contribution >= 4 is 28.7 Å². The number of rotatable bonds is 6. The van der Waals surface area contributed by atoms with Gasteiger partial charge in [0.05, 0.1) is 19.9 Å². The van der Waals surface area contributed by atoms with Gasteiger partial charge in [-0.25, -0.2) is 0 Å². The fourth-order valence-electron chi connectivity index (χ4n) is 2.08. The third-order valence-electron chi connectivity index (χ3n) is 3.40. The fourth-order valence-corrected chi connectivity index (χ4v) is 2.25. The smallest absolute Gasteiger partial charge is 0.191 e. The largest absolute Gasteiger partial charge is 0.497 e. The standard InChI is InChI=1S/C18H21N3O2S/c1-4-17(13-5-9-15(22-2)10-6-13)20-21-18(24)19-14-7-11-16(23-3)12-8-14/h5-12H,4H2,1-3H3,(H2,19,21,24)/b20-17-. The lowest BCUT2D eigenvalue weighted by Crippen LogP contribution is -2.25. The lowest BCUT2D eigenvalue weighted by molar-refractivity contribution is 0.414. The summed E-state index contributed by atoms with van der Waals surface area (Å²) in [5.41, 5.74) is 5.69. The van der Waals surface area contributed by atoms with Gasteiger partial charge >= 0.3 is 0 Å². The number of ether oxygens (including phenoxy) is 2. The third kappa shape index (κ3) is 4.96. The quantitative estimate of drug-likeness (QED) is 0.475. The number of thiocarbonyl (C=S) groups is 1.